The largest absolute Gasteiger partial charge is 0.348 e. The van der Waals surface area contributed by atoms with Gasteiger partial charge in [-0.15, -0.1) is 0 Å². The van der Waals surface area contributed by atoms with E-state index in [2.05, 4.69) is 20.5 Å². The number of para-hydroxylation sites is 1. The van der Waals surface area contributed by atoms with E-state index >= 15 is 0 Å². The predicted molar refractivity (Wildman–Crippen MR) is 119 cm³/mol. The molecular formula is C24H24N6O. The highest BCUT2D eigenvalue weighted by molar-refractivity contribution is 5.92. The lowest BCUT2D eigenvalue weighted by Crippen LogP contribution is -2.21. The van der Waals surface area contributed by atoms with Crippen LogP contribution in [-0.2, 0) is 17.9 Å². The van der Waals surface area contributed by atoms with Gasteiger partial charge in [-0.05, 0) is 43.2 Å². The summed E-state index contributed by atoms with van der Waals surface area (Å²) in [5.74, 6) is -0.151. The molecule has 0 spiro atoms. The molecule has 1 amide bonds. The van der Waals surface area contributed by atoms with Crippen LogP contribution in [0, 0.1) is 13.8 Å². The molecule has 0 aliphatic heterocycles. The smallest absolute Gasteiger partial charge is 0.244 e. The van der Waals surface area contributed by atoms with Gasteiger partial charge >= 0.3 is 0 Å². The first kappa shape index (κ1) is 20.3. The van der Waals surface area contributed by atoms with E-state index in [-0.39, 0.29) is 5.91 Å². The van der Waals surface area contributed by atoms with Crippen LogP contribution in [0.3, 0.4) is 0 Å². The monoisotopic (exact) mass is 412 g/mol. The summed E-state index contributed by atoms with van der Waals surface area (Å²) < 4.78 is 3.66. The molecule has 2 aromatic heterocycles. The Hall–Kier alpha value is -4.00. The number of nitrogens with one attached hydrogen (secondary N) is 1. The van der Waals surface area contributed by atoms with Crippen molar-refractivity contribution in [3.05, 3.63) is 101 Å². The van der Waals surface area contributed by atoms with Gasteiger partial charge in [-0.2, -0.15) is 10.2 Å². The van der Waals surface area contributed by atoms with Crippen molar-refractivity contribution >= 4 is 12.0 Å². The van der Waals surface area contributed by atoms with E-state index in [0.717, 1.165) is 33.8 Å². The first-order chi connectivity index (χ1) is 15.1. The summed E-state index contributed by atoms with van der Waals surface area (Å²) in [7, 11) is 0. The van der Waals surface area contributed by atoms with Crippen LogP contribution in [0.15, 0.2) is 73.3 Å². The number of nitrogens with zero attached hydrogens (tertiary/aromatic N) is 5. The van der Waals surface area contributed by atoms with Crippen LogP contribution in [0.25, 0.3) is 11.8 Å². The molecule has 4 rings (SSSR count). The maximum atomic E-state index is 12.5. The first-order valence-electron chi connectivity index (χ1n) is 10.1. The molecule has 1 N–H and O–H groups in total. The lowest BCUT2D eigenvalue weighted by atomic mass is 10.1. The van der Waals surface area contributed by atoms with Crippen molar-refractivity contribution in [2.75, 3.05) is 0 Å². The Bertz CT molecular complexity index is 1190. The number of carbonyl (C=O) groups is 1. The van der Waals surface area contributed by atoms with E-state index in [1.165, 1.54) is 6.33 Å². The first-order valence-corrected chi connectivity index (χ1v) is 10.1. The second-order valence-electron chi connectivity index (χ2n) is 7.24. The molecule has 7 heteroatoms. The molecule has 156 valence electrons. The van der Waals surface area contributed by atoms with Crippen LogP contribution in [0.5, 0.6) is 0 Å². The Morgan fingerprint density at radius 1 is 1.03 bits per heavy atom. The minimum atomic E-state index is -0.151. The molecule has 0 atom stereocenters. The molecule has 0 saturated heterocycles. The third-order valence-corrected chi connectivity index (χ3v) is 5.12. The van der Waals surface area contributed by atoms with E-state index in [0.29, 0.717) is 13.1 Å². The van der Waals surface area contributed by atoms with Crippen LogP contribution in [0.1, 0.15) is 28.1 Å². The average molecular weight is 412 g/mol. The van der Waals surface area contributed by atoms with Gasteiger partial charge in [0, 0.05) is 23.9 Å². The standard InChI is InChI=1S/C24H24N6O/c1-18-23(19(2)30(28-18)22-10-4-3-5-11-22)12-13-24(31)26-14-20-8-6-7-9-21(20)15-29-17-25-16-27-29/h3-13,16-17H,14-15H2,1-2H3,(H,26,31)/b13-12+. The van der Waals surface area contributed by atoms with Gasteiger partial charge in [0.05, 0.1) is 17.9 Å². The fourth-order valence-electron chi connectivity index (χ4n) is 3.49. The van der Waals surface area contributed by atoms with Crippen LogP contribution in [-0.4, -0.2) is 30.5 Å². The van der Waals surface area contributed by atoms with Crippen molar-refractivity contribution in [1.29, 1.82) is 0 Å². The van der Waals surface area contributed by atoms with Gasteiger partial charge in [0.1, 0.15) is 12.7 Å². The Morgan fingerprint density at radius 3 is 2.52 bits per heavy atom. The zero-order valence-electron chi connectivity index (χ0n) is 17.6. The highest BCUT2D eigenvalue weighted by Crippen LogP contribution is 2.19. The fourth-order valence-corrected chi connectivity index (χ4v) is 3.49. The second-order valence-corrected chi connectivity index (χ2v) is 7.24. The third kappa shape index (κ3) is 4.78. The Labute approximate surface area is 181 Å². The molecular weight excluding hydrogens is 388 g/mol. The molecule has 0 aliphatic carbocycles. The summed E-state index contributed by atoms with van der Waals surface area (Å²) in [6.45, 7) is 5.00. The molecule has 7 nitrogen and oxygen atoms in total. The molecule has 4 aromatic rings. The number of amides is 1. The van der Waals surface area contributed by atoms with Crippen LogP contribution in [0.2, 0.25) is 0 Å². The minimum Gasteiger partial charge on any atom is -0.348 e. The van der Waals surface area contributed by atoms with E-state index in [9.17, 15) is 4.79 Å². The Morgan fingerprint density at radius 2 is 1.77 bits per heavy atom. The maximum absolute atomic E-state index is 12.5. The predicted octanol–water partition coefficient (Wildman–Crippen LogP) is 3.46. The van der Waals surface area contributed by atoms with Gasteiger partial charge < -0.3 is 5.32 Å². The van der Waals surface area contributed by atoms with Gasteiger partial charge in [-0.1, -0.05) is 42.5 Å². The number of aromatic nitrogens is 5. The van der Waals surface area contributed by atoms with Crippen molar-refractivity contribution in [2.45, 2.75) is 26.9 Å². The third-order valence-electron chi connectivity index (χ3n) is 5.12. The van der Waals surface area contributed by atoms with Crippen molar-refractivity contribution in [3.63, 3.8) is 0 Å². The van der Waals surface area contributed by atoms with Gasteiger partial charge in [0.15, 0.2) is 0 Å². The number of benzene rings is 2. The lowest BCUT2D eigenvalue weighted by molar-refractivity contribution is -0.116. The molecule has 0 aliphatic rings. The zero-order valence-corrected chi connectivity index (χ0v) is 17.6. The summed E-state index contributed by atoms with van der Waals surface area (Å²) in [5.41, 5.74) is 5.95. The maximum Gasteiger partial charge on any atom is 0.244 e. The highest BCUT2D eigenvalue weighted by Gasteiger charge is 2.11. The van der Waals surface area contributed by atoms with E-state index in [1.54, 1.807) is 17.1 Å². The second kappa shape index (κ2) is 9.21. The van der Waals surface area contributed by atoms with Gasteiger partial charge in [0.25, 0.3) is 0 Å². The summed E-state index contributed by atoms with van der Waals surface area (Å²) in [4.78, 5) is 16.4. The zero-order chi connectivity index (χ0) is 21.6. The molecule has 0 bridgehead atoms. The quantitative estimate of drug-likeness (QED) is 0.472. The molecule has 2 heterocycles. The molecule has 0 unspecified atom stereocenters. The Kier molecular flexibility index (Phi) is 6.03. The molecule has 0 saturated carbocycles. The van der Waals surface area contributed by atoms with Crippen molar-refractivity contribution < 1.29 is 4.79 Å². The van der Waals surface area contributed by atoms with Crippen LogP contribution >= 0.6 is 0 Å². The highest BCUT2D eigenvalue weighted by atomic mass is 16.1. The summed E-state index contributed by atoms with van der Waals surface area (Å²) >= 11 is 0. The van der Waals surface area contributed by atoms with Crippen molar-refractivity contribution in [2.24, 2.45) is 0 Å². The van der Waals surface area contributed by atoms with Crippen molar-refractivity contribution in [3.8, 4) is 5.69 Å². The van der Waals surface area contributed by atoms with Gasteiger partial charge in [-0.3, -0.25) is 4.79 Å². The lowest BCUT2D eigenvalue weighted by Gasteiger charge is -2.10. The van der Waals surface area contributed by atoms with Crippen LogP contribution in [0.4, 0.5) is 0 Å². The number of hydrogen-bond acceptors (Lipinski definition) is 4. The summed E-state index contributed by atoms with van der Waals surface area (Å²) in [6, 6.07) is 17.9. The summed E-state index contributed by atoms with van der Waals surface area (Å²) in [6.07, 6.45) is 6.58. The normalized spacial score (nSPS) is 11.2. The van der Waals surface area contributed by atoms with E-state index < -0.39 is 0 Å². The van der Waals surface area contributed by atoms with E-state index in [4.69, 9.17) is 0 Å². The molecule has 0 fully saturated rings. The minimum absolute atomic E-state index is 0.151. The number of carbonyl (C=O) groups excluding carboxylic acids is 1. The number of hydrogen-bond donors (Lipinski definition) is 1. The SMILES string of the molecule is Cc1nn(-c2ccccc2)c(C)c1/C=C/C(=O)NCc1ccccc1Cn1cncn1. The average Bonchev–Trinajstić information content (AvgIpc) is 3.40. The number of aryl methyl sites for hydroxylation is 1. The van der Waals surface area contributed by atoms with E-state index in [1.807, 2.05) is 79.2 Å². The molecule has 2 aromatic carbocycles. The van der Waals surface area contributed by atoms with Crippen LogP contribution < -0.4 is 5.32 Å². The molecule has 31 heavy (non-hydrogen) atoms. The Balaban J connectivity index is 1.43. The number of rotatable bonds is 7. The fraction of sp³-hybridized carbons (Fsp3) is 0.167. The van der Waals surface area contributed by atoms with Gasteiger partial charge in [-0.25, -0.2) is 14.3 Å². The summed E-state index contributed by atoms with van der Waals surface area (Å²) in [5, 5.41) is 11.7. The molecule has 0 radical (unpaired) electrons. The van der Waals surface area contributed by atoms with Crippen molar-refractivity contribution in [1.82, 2.24) is 29.9 Å². The topological polar surface area (TPSA) is 77.6 Å². The van der Waals surface area contributed by atoms with Gasteiger partial charge in [0.2, 0.25) is 5.91 Å².